The first-order chi connectivity index (χ1) is 7.66. The number of hydrogen-bond donors (Lipinski definition) is 1. The third-order valence-corrected chi connectivity index (χ3v) is 3.16. The molecule has 2 N–H and O–H groups in total. The molecule has 1 aromatic carbocycles. The number of nitrogens with zero attached hydrogens (tertiary/aromatic N) is 1. The molecule has 0 aliphatic carbocycles. The third kappa shape index (κ3) is 2.46. The molecular weight excluding hydrogens is 220 g/mol. The summed E-state index contributed by atoms with van der Waals surface area (Å²) >= 11 is 1.51. The molecule has 0 bridgehead atoms. The predicted molar refractivity (Wildman–Crippen MR) is 64.4 cm³/mol. The SMILES string of the molecule is Cc1coc(Sc2ccccc2[C@H](C)N)n1. The highest BCUT2D eigenvalue weighted by Gasteiger charge is 2.10. The summed E-state index contributed by atoms with van der Waals surface area (Å²) in [5.74, 6) is 0. The zero-order valence-corrected chi connectivity index (χ0v) is 10.1. The van der Waals surface area contributed by atoms with Crippen LogP contribution in [0.1, 0.15) is 24.2 Å². The van der Waals surface area contributed by atoms with Gasteiger partial charge in [-0.1, -0.05) is 18.2 Å². The monoisotopic (exact) mass is 234 g/mol. The van der Waals surface area contributed by atoms with E-state index in [0.717, 1.165) is 16.2 Å². The number of benzene rings is 1. The van der Waals surface area contributed by atoms with Crippen LogP contribution < -0.4 is 5.73 Å². The van der Waals surface area contributed by atoms with Crippen molar-refractivity contribution in [3.63, 3.8) is 0 Å². The summed E-state index contributed by atoms with van der Waals surface area (Å²) < 4.78 is 5.31. The van der Waals surface area contributed by atoms with Gasteiger partial charge in [0.15, 0.2) is 0 Å². The number of oxazole rings is 1. The van der Waals surface area contributed by atoms with Crippen LogP contribution in [0.15, 0.2) is 45.1 Å². The van der Waals surface area contributed by atoms with Crippen molar-refractivity contribution < 1.29 is 4.42 Å². The molecule has 0 radical (unpaired) electrons. The lowest BCUT2D eigenvalue weighted by molar-refractivity contribution is 0.454. The smallest absolute Gasteiger partial charge is 0.260 e. The van der Waals surface area contributed by atoms with Crippen molar-refractivity contribution >= 4 is 11.8 Å². The maximum Gasteiger partial charge on any atom is 0.260 e. The van der Waals surface area contributed by atoms with Crippen LogP contribution in [0.3, 0.4) is 0 Å². The van der Waals surface area contributed by atoms with Gasteiger partial charge < -0.3 is 10.2 Å². The van der Waals surface area contributed by atoms with Crippen molar-refractivity contribution in [2.75, 3.05) is 0 Å². The fourth-order valence-electron chi connectivity index (χ4n) is 1.42. The maximum atomic E-state index is 5.91. The molecule has 1 heterocycles. The van der Waals surface area contributed by atoms with E-state index in [9.17, 15) is 0 Å². The van der Waals surface area contributed by atoms with Crippen molar-refractivity contribution in [1.29, 1.82) is 0 Å². The van der Waals surface area contributed by atoms with E-state index in [0.29, 0.717) is 5.22 Å². The van der Waals surface area contributed by atoms with E-state index >= 15 is 0 Å². The topological polar surface area (TPSA) is 52.0 Å². The summed E-state index contributed by atoms with van der Waals surface area (Å²) in [6.07, 6.45) is 1.65. The number of nitrogens with two attached hydrogens (primary N) is 1. The van der Waals surface area contributed by atoms with Crippen molar-refractivity contribution in [2.24, 2.45) is 5.73 Å². The van der Waals surface area contributed by atoms with Gasteiger partial charge in [-0.25, -0.2) is 4.98 Å². The lowest BCUT2D eigenvalue weighted by atomic mass is 10.1. The Balaban J connectivity index is 2.27. The molecule has 0 fully saturated rings. The predicted octanol–water partition coefficient (Wildman–Crippen LogP) is 3.15. The van der Waals surface area contributed by atoms with Gasteiger partial charge in [-0.2, -0.15) is 0 Å². The highest BCUT2D eigenvalue weighted by molar-refractivity contribution is 7.99. The van der Waals surface area contributed by atoms with Crippen LogP contribution in [-0.2, 0) is 0 Å². The standard InChI is InChI=1S/C12H14N2OS/c1-8-7-15-12(14-8)16-11-6-4-3-5-10(11)9(2)13/h3-7,9H,13H2,1-2H3/t9-/m0/s1. The van der Waals surface area contributed by atoms with E-state index in [2.05, 4.69) is 4.98 Å². The molecule has 0 spiro atoms. The number of aryl methyl sites for hydroxylation is 1. The Labute approximate surface area is 99.1 Å². The Morgan fingerprint density at radius 2 is 2.12 bits per heavy atom. The van der Waals surface area contributed by atoms with Gasteiger partial charge in [-0.05, 0) is 37.2 Å². The summed E-state index contributed by atoms with van der Waals surface area (Å²) in [4.78, 5) is 5.36. The average Bonchev–Trinajstić information content (AvgIpc) is 2.64. The molecule has 2 aromatic rings. The molecule has 1 atom stereocenters. The molecule has 4 heteroatoms. The summed E-state index contributed by atoms with van der Waals surface area (Å²) in [5.41, 5.74) is 7.91. The average molecular weight is 234 g/mol. The highest BCUT2D eigenvalue weighted by atomic mass is 32.2. The number of aromatic nitrogens is 1. The van der Waals surface area contributed by atoms with Crippen LogP contribution in [0.5, 0.6) is 0 Å². The second-order valence-corrected chi connectivity index (χ2v) is 4.68. The van der Waals surface area contributed by atoms with Gasteiger partial charge in [-0.15, -0.1) is 0 Å². The zero-order valence-electron chi connectivity index (χ0n) is 9.31. The Bertz CT molecular complexity index is 479. The molecule has 0 aliphatic heterocycles. The summed E-state index contributed by atoms with van der Waals surface area (Å²) in [5, 5.41) is 0.658. The molecule has 0 saturated heterocycles. The fraction of sp³-hybridized carbons (Fsp3) is 0.250. The first kappa shape index (κ1) is 11.2. The van der Waals surface area contributed by atoms with Gasteiger partial charge in [0.05, 0.1) is 5.69 Å². The van der Waals surface area contributed by atoms with Crippen LogP contribution >= 0.6 is 11.8 Å². The largest absolute Gasteiger partial charge is 0.439 e. The lowest BCUT2D eigenvalue weighted by Gasteiger charge is -2.09. The van der Waals surface area contributed by atoms with Crippen LogP contribution in [0.25, 0.3) is 0 Å². The van der Waals surface area contributed by atoms with E-state index in [1.54, 1.807) is 6.26 Å². The van der Waals surface area contributed by atoms with Gasteiger partial charge >= 0.3 is 0 Å². The Morgan fingerprint density at radius 1 is 1.38 bits per heavy atom. The quantitative estimate of drug-likeness (QED) is 0.886. The molecule has 0 amide bonds. The summed E-state index contributed by atoms with van der Waals surface area (Å²) in [7, 11) is 0. The van der Waals surface area contributed by atoms with E-state index < -0.39 is 0 Å². The normalized spacial score (nSPS) is 12.7. The molecular formula is C12H14N2OS. The van der Waals surface area contributed by atoms with E-state index in [1.165, 1.54) is 11.8 Å². The van der Waals surface area contributed by atoms with Gasteiger partial charge in [0.2, 0.25) is 0 Å². The van der Waals surface area contributed by atoms with E-state index in [-0.39, 0.29) is 6.04 Å². The minimum Gasteiger partial charge on any atom is -0.439 e. The van der Waals surface area contributed by atoms with Crippen LogP contribution in [0.4, 0.5) is 0 Å². The third-order valence-electron chi connectivity index (χ3n) is 2.20. The fourth-order valence-corrected chi connectivity index (χ4v) is 2.42. The molecule has 84 valence electrons. The molecule has 3 nitrogen and oxygen atoms in total. The van der Waals surface area contributed by atoms with Gasteiger partial charge in [0, 0.05) is 10.9 Å². The molecule has 2 rings (SSSR count). The maximum absolute atomic E-state index is 5.91. The highest BCUT2D eigenvalue weighted by Crippen LogP contribution is 2.31. The van der Waals surface area contributed by atoms with Crippen LogP contribution in [-0.4, -0.2) is 4.98 Å². The molecule has 16 heavy (non-hydrogen) atoms. The van der Waals surface area contributed by atoms with Gasteiger partial charge in [0.1, 0.15) is 6.26 Å². The Morgan fingerprint density at radius 3 is 2.75 bits per heavy atom. The van der Waals surface area contributed by atoms with Crippen LogP contribution in [0, 0.1) is 6.92 Å². The second kappa shape index (κ2) is 4.72. The van der Waals surface area contributed by atoms with Crippen molar-refractivity contribution in [1.82, 2.24) is 4.98 Å². The zero-order chi connectivity index (χ0) is 11.5. The molecule has 1 aromatic heterocycles. The summed E-state index contributed by atoms with van der Waals surface area (Å²) in [6.45, 7) is 3.88. The van der Waals surface area contributed by atoms with E-state index in [1.807, 2.05) is 38.1 Å². The van der Waals surface area contributed by atoms with Crippen molar-refractivity contribution in [3.8, 4) is 0 Å². The van der Waals surface area contributed by atoms with Crippen LogP contribution in [0.2, 0.25) is 0 Å². The minimum atomic E-state index is 0.0137. The summed E-state index contributed by atoms with van der Waals surface area (Å²) in [6, 6.07) is 8.05. The van der Waals surface area contributed by atoms with Crippen molar-refractivity contribution in [2.45, 2.75) is 30.0 Å². The van der Waals surface area contributed by atoms with Crippen molar-refractivity contribution in [3.05, 3.63) is 41.8 Å². The first-order valence-electron chi connectivity index (χ1n) is 5.11. The minimum absolute atomic E-state index is 0.0137. The number of hydrogen-bond acceptors (Lipinski definition) is 4. The Hall–Kier alpha value is -1.26. The first-order valence-corrected chi connectivity index (χ1v) is 5.93. The molecule has 0 unspecified atom stereocenters. The number of rotatable bonds is 3. The Kier molecular flexibility index (Phi) is 3.31. The molecule has 0 saturated carbocycles. The second-order valence-electron chi connectivity index (χ2n) is 3.68. The van der Waals surface area contributed by atoms with Gasteiger partial charge in [-0.3, -0.25) is 0 Å². The van der Waals surface area contributed by atoms with Gasteiger partial charge in [0.25, 0.3) is 5.22 Å². The lowest BCUT2D eigenvalue weighted by Crippen LogP contribution is -2.05. The van der Waals surface area contributed by atoms with E-state index in [4.69, 9.17) is 10.2 Å². The molecule has 0 aliphatic rings.